The minimum atomic E-state index is -1.26. The number of hydrogen-bond acceptors (Lipinski definition) is 7. The molecule has 3 amide bonds. The lowest BCUT2D eigenvalue weighted by molar-refractivity contribution is -0.142. The molecule has 0 fully saturated rings. The van der Waals surface area contributed by atoms with Crippen LogP contribution < -0.4 is 27.4 Å². The molecule has 0 aliphatic carbocycles. The number of carboxylic acid groups (broad SMARTS) is 1. The highest BCUT2D eigenvalue weighted by Crippen LogP contribution is 2.19. The number of aromatic amines is 2. The zero-order valence-electron chi connectivity index (χ0n) is 21.8. The first-order valence-corrected chi connectivity index (χ1v) is 12.8. The molecule has 0 saturated heterocycles. The second kappa shape index (κ2) is 14.1. The number of aromatic nitrogens is 3. The number of carboxylic acids is 1. The molecule has 13 heteroatoms. The van der Waals surface area contributed by atoms with Crippen LogP contribution in [-0.4, -0.2) is 74.5 Å². The summed E-state index contributed by atoms with van der Waals surface area (Å²) in [5.74, 6) is -3.02. The first-order valence-electron chi connectivity index (χ1n) is 12.8. The fourth-order valence-electron chi connectivity index (χ4n) is 4.14. The van der Waals surface area contributed by atoms with Gasteiger partial charge in [0.05, 0.1) is 12.4 Å². The highest BCUT2D eigenvalue weighted by molar-refractivity contribution is 5.94. The van der Waals surface area contributed by atoms with Gasteiger partial charge in [-0.1, -0.05) is 24.6 Å². The Morgan fingerprint density at radius 3 is 2.41 bits per heavy atom. The number of hydrogen-bond donors (Lipinski definition) is 8. The van der Waals surface area contributed by atoms with E-state index in [4.69, 9.17) is 11.5 Å². The summed E-state index contributed by atoms with van der Waals surface area (Å²) in [4.78, 5) is 60.5. The smallest absolute Gasteiger partial charge is 0.326 e. The molecule has 39 heavy (non-hydrogen) atoms. The Balaban J connectivity index is 1.73. The second-order valence-corrected chi connectivity index (χ2v) is 9.43. The summed E-state index contributed by atoms with van der Waals surface area (Å²) in [7, 11) is 0. The number of fused-ring (bicyclic) bond motifs is 1. The molecular weight excluding hydrogens is 504 g/mol. The summed E-state index contributed by atoms with van der Waals surface area (Å²) >= 11 is 0. The molecule has 2 aromatic heterocycles. The van der Waals surface area contributed by atoms with Crippen molar-refractivity contribution in [3.63, 3.8) is 0 Å². The lowest BCUT2D eigenvalue weighted by Gasteiger charge is -2.23. The highest BCUT2D eigenvalue weighted by atomic mass is 16.4. The summed E-state index contributed by atoms with van der Waals surface area (Å²) < 4.78 is 0. The summed E-state index contributed by atoms with van der Waals surface area (Å²) in [5, 5.41) is 18.3. The van der Waals surface area contributed by atoms with Crippen LogP contribution in [0.3, 0.4) is 0 Å². The average molecular weight is 541 g/mol. The van der Waals surface area contributed by atoms with Crippen molar-refractivity contribution in [1.82, 2.24) is 30.9 Å². The summed E-state index contributed by atoms with van der Waals surface area (Å²) in [6.07, 6.45) is 6.52. The number of benzene rings is 1. The van der Waals surface area contributed by atoms with Crippen LogP contribution in [0.25, 0.3) is 10.9 Å². The number of aliphatic carboxylic acids is 1. The Hall–Kier alpha value is -4.23. The molecular formula is C26H36N8O5. The molecule has 3 rings (SSSR count). The number of rotatable bonds is 15. The molecule has 3 aromatic rings. The van der Waals surface area contributed by atoms with E-state index in [2.05, 4.69) is 30.9 Å². The quantitative estimate of drug-likeness (QED) is 0.119. The monoisotopic (exact) mass is 540 g/mol. The Morgan fingerprint density at radius 1 is 0.974 bits per heavy atom. The molecule has 2 heterocycles. The number of H-pyrrole nitrogens is 2. The minimum absolute atomic E-state index is 0.0245. The molecule has 0 saturated carbocycles. The zero-order valence-corrected chi connectivity index (χ0v) is 21.8. The van der Waals surface area contributed by atoms with Crippen molar-refractivity contribution in [3.05, 3.63) is 54.2 Å². The Bertz CT molecular complexity index is 1260. The largest absolute Gasteiger partial charge is 0.480 e. The third-order valence-corrected chi connectivity index (χ3v) is 6.38. The van der Waals surface area contributed by atoms with E-state index >= 15 is 0 Å². The molecule has 0 aliphatic rings. The van der Waals surface area contributed by atoms with Crippen LogP contribution in [0, 0.1) is 0 Å². The van der Waals surface area contributed by atoms with E-state index in [0.717, 1.165) is 22.9 Å². The highest BCUT2D eigenvalue weighted by Gasteiger charge is 2.30. The lowest BCUT2D eigenvalue weighted by atomic mass is 10.0. The van der Waals surface area contributed by atoms with Crippen LogP contribution in [0.15, 0.2) is 43.0 Å². The molecule has 4 unspecified atom stereocenters. The Morgan fingerprint density at radius 2 is 1.72 bits per heavy atom. The van der Waals surface area contributed by atoms with Gasteiger partial charge in [0.1, 0.15) is 18.1 Å². The zero-order chi connectivity index (χ0) is 28.4. The average Bonchev–Trinajstić information content (AvgIpc) is 3.57. The predicted octanol–water partition coefficient (Wildman–Crippen LogP) is -0.309. The second-order valence-electron chi connectivity index (χ2n) is 9.43. The molecule has 10 N–H and O–H groups in total. The van der Waals surface area contributed by atoms with Gasteiger partial charge in [0, 0.05) is 41.8 Å². The van der Waals surface area contributed by atoms with Crippen molar-refractivity contribution in [3.8, 4) is 0 Å². The number of unbranched alkanes of at least 4 members (excludes halogenated alkanes) is 1. The molecule has 0 radical (unpaired) electrons. The van der Waals surface area contributed by atoms with Crippen molar-refractivity contribution in [2.24, 2.45) is 11.5 Å². The molecule has 0 bridgehead atoms. The number of para-hydroxylation sites is 1. The first-order chi connectivity index (χ1) is 18.7. The number of nitrogens with zero attached hydrogens (tertiary/aromatic N) is 1. The van der Waals surface area contributed by atoms with Gasteiger partial charge in [-0.25, -0.2) is 9.78 Å². The normalized spacial score (nSPS) is 14.2. The first kappa shape index (κ1) is 29.3. The predicted molar refractivity (Wildman–Crippen MR) is 144 cm³/mol. The van der Waals surface area contributed by atoms with E-state index in [1.807, 2.05) is 24.3 Å². The van der Waals surface area contributed by atoms with Gasteiger partial charge in [0.2, 0.25) is 17.7 Å². The van der Waals surface area contributed by atoms with Crippen LogP contribution in [0.2, 0.25) is 0 Å². The summed E-state index contributed by atoms with van der Waals surface area (Å²) in [6.45, 7) is 1.98. The van der Waals surface area contributed by atoms with Crippen LogP contribution >= 0.6 is 0 Å². The standard InChI is InChI=1S/C26H36N8O5/c1-15(32-24(36)19(28)7-4-5-9-27)23(35)33-21(10-16-12-30-20-8-3-2-6-18(16)20)25(37)34-22(26(38)39)11-17-13-29-14-31-17/h2-3,6,8,12-15,19,21-22,30H,4-5,7,9-11,27-28H2,1H3,(H,29,31)(H,32,36)(H,33,35)(H,34,37)(H,38,39). The van der Waals surface area contributed by atoms with Crippen LogP contribution in [-0.2, 0) is 32.0 Å². The van der Waals surface area contributed by atoms with E-state index in [0.29, 0.717) is 25.1 Å². The van der Waals surface area contributed by atoms with Crippen LogP contribution in [0.4, 0.5) is 0 Å². The van der Waals surface area contributed by atoms with Crippen molar-refractivity contribution < 1.29 is 24.3 Å². The number of amides is 3. The third-order valence-electron chi connectivity index (χ3n) is 6.38. The molecule has 0 spiro atoms. The number of nitrogens with one attached hydrogen (secondary N) is 5. The van der Waals surface area contributed by atoms with Gasteiger partial charge in [-0.2, -0.15) is 0 Å². The third kappa shape index (κ3) is 8.38. The van der Waals surface area contributed by atoms with Gasteiger partial charge in [-0.15, -0.1) is 0 Å². The maximum Gasteiger partial charge on any atom is 0.326 e. The van der Waals surface area contributed by atoms with Gasteiger partial charge in [-0.05, 0) is 37.9 Å². The van der Waals surface area contributed by atoms with E-state index < -0.39 is 47.9 Å². The Kier molecular flexibility index (Phi) is 10.6. The summed E-state index contributed by atoms with van der Waals surface area (Å²) in [6, 6.07) is 3.31. The van der Waals surface area contributed by atoms with Crippen LogP contribution in [0.5, 0.6) is 0 Å². The maximum absolute atomic E-state index is 13.3. The van der Waals surface area contributed by atoms with Crippen LogP contribution in [0.1, 0.15) is 37.4 Å². The van der Waals surface area contributed by atoms with Gasteiger partial charge in [0.25, 0.3) is 0 Å². The van der Waals surface area contributed by atoms with Gasteiger partial charge in [0.15, 0.2) is 0 Å². The molecule has 210 valence electrons. The number of carbonyl (C=O) groups excluding carboxylic acids is 3. The fraction of sp³-hybridized carbons (Fsp3) is 0.423. The number of carbonyl (C=O) groups is 4. The van der Waals surface area contributed by atoms with E-state index in [1.54, 1.807) is 6.20 Å². The summed E-state index contributed by atoms with van der Waals surface area (Å²) in [5.41, 5.74) is 13.5. The van der Waals surface area contributed by atoms with Gasteiger partial charge < -0.3 is 42.5 Å². The van der Waals surface area contributed by atoms with E-state index in [9.17, 15) is 24.3 Å². The minimum Gasteiger partial charge on any atom is -0.480 e. The van der Waals surface area contributed by atoms with Crippen molar-refractivity contribution >= 4 is 34.6 Å². The van der Waals surface area contributed by atoms with Gasteiger partial charge in [-0.3, -0.25) is 14.4 Å². The topological polar surface area (TPSA) is 221 Å². The Labute approximate surface area is 225 Å². The van der Waals surface area contributed by atoms with Gasteiger partial charge >= 0.3 is 5.97 Å². The maximum atomic E-state index is 13.3. The van der Waals surface area contributed by atoms with Crippen molar-refractivity contribution in [2.45, 2.75) is 63.2 Å². The SMILES string of the molecule is CC(NC(=O)C(N)CCCCN)C(=O)NC(Cc1c[nH]c2ccccc12)C(=O)NC(Cc1cnc[nH]1)C(=O)O. The number of imidazole rings is 1. The number of nitrogens with two attached hydrogens (primary N) is 2. The van der Waals surface area contributed by atoms with E-state index in [-0.39, 0.29) is 12.8 Å². The van der Waals surface area contributed by atoms with Crippen molar-refractivity contribution in [2.75, 3.05) is 6.54 Å². The lowest BCUT2D eigenvalue weighted by Crippen LogP contribution is -2.57. The molecule has 1 aromatic carbocycles. The van der Waals surface area contributed by atoms with E-state index in [1.165, 1.54) is 19.4 Å². The fourth-order valence-corrected chi connectivity index (χ4v) is 4.14. The molecule has 4 atom stereocenters. The molecule has 0 aliphatic heterocycles. The van der Waals surface area contributed by atoms with Crippen molar-refractivity contribution in [1.29, 1.82) is 0 Å². The molecule has 13 nitrogen and oxygen atoms in total.